The minimum Gasteiger partial charge on any atom is -0.330 e. The van der Waals surface area contributed by atoms with Crippen LogP contribution in [0.1, 0.15) is 19.3 Å². The number of nitrogens with two attached hydrogens (primary N) is 1. The second-order valence-corrected chi connectivity index (χ2v) is 2.90. The molecule has 54 valence electrons. The lowest BCUT2D eigenvalue weighted by atomic mass is 10.1. The van der Waals surface area contributed by atoms with Crippen LogP contribution in [0.25, 0.3) is 0 Å². The molecule has 2 nitrogen and oxygen atoms in total. The van der Waals surface area contributed by atoms with Crippen LogP contribution in [0.4, 0.5) is 0 Å². The first-order chi connectivity index (χ1) is 4.36. The monoisotopic (exact) mass is 128 g/mol. The molecule has 2 heteroatoms. The van der Waals surface area contributed by atoms with E-state index in [1.54, 1.807) is 0 Å². The lowest BCUT2D eigenvalue weighted by Crippen LogP contribution is -2.22. The fourth-order valence-corrected chi connectivity index (χ4v) is 1.55. The molecule has 0 aromatic heterocycles. The van der Waals surface area contributed by atoms with Crippen LogP contribution in [0.3, 0.4) is 0 Å². The average Bonchev–Trinajstić information content (AvgIpc) is 2.34. The van der Waals surface area contributed by atoms with Crippen molar-refractivity contribution in [2.24, 2.45) is 11.7 Å². The van der Waals surface area contributed by atoms with E-state index in [1.807, 2.05) is 7.05 Å². The highest BCUT2D eigenvalue weighted by Gasteiger charge is 2.21. The van der Waals surface area contributed by atoms with Crippen LogP contribution in [0.2, 0.25) is 0 Å². The van der Waals surface area contributed by atoms with Crippen molar-refractivity contribution in [1.29, 1.82) is 0 Å². The summed E-state index contributed by atoms with van der Waals surface area (Å²) in [5, 5.41) is 3.27. The van der Waals surface area contributed by atoms with E-state index in [1.165, 1.54) is 19.3 Å². The molecule has 1 fully saturated rings. The lowest BCUT2D eigenvalue weighted by Gasteiger charge is -2.06. The van der Waals surface area contributed by atoms with Gasteiger partial charge in [-0.25, -0.2) is 0 Å². The van der Waals surface area contributed by atoms with Crippen LogP contribution in [-0.2, 0) is 0 Å². The molecule has 3 N–H and O–H groups in total. The number of rotatable bonds is 2. The van der Waals surface area contributed by atoms with Crippen LogP contribution in [0, 0.1) is 5.92 Å². The summed E-state index contributed by atoms with van der Waals surface area (Å²) < 4.78 is 0. The van der Waals surface area contributed by atoms with Crippen molar-refractivity contribution < 1.29 is 0 Å². The average molecular weight is 128 g/mol. The van der Waals surface area contributed by atoms with Gasteiger partial charge in [0.1, 0.15) is 0 Å². The molecule has 0 heterocycles. The van der Waals surface area contributed by atoms with Crippen LogP contribution >= 0.6 is 0 Å². The second-order valence-electron chi connectivity index (χ2n) is 2.90. The Morgan fingerprint density at radius 2 is 2.33 bits per heavy atom. The summed E-state index contributed by atoms with van der Waals surface area (Å²) in [5.41, 5.74) is 5.52. The molecule has 0 aliphatic heterocycles. The predicted octanol–water partition coefficient (Wildman–Crippen LogP) is 0.333. The summed E-state index contributed by atoms with van der Waals surface area (Å²) in [6, 6.07) is 0.749. The van der Waals surface area contributed by atoms with Crippen molar-refractivity contribution in [2.75, 3.05) is 13.6 Å². The molecule has 2 atom stereocenters. The second kappa shape index (κ2) is 3.18. The van der Waals surface area contributed by atoms with Crippen molar-refractivity contribution in [1.82, 2.24) is 5.32 Å². The first-order valence-corrected chi connectivity index (χ1v) is 3.74. The van der Waals surface area contributed by atoms with Crippen molar-refractivity contribution in [3.05, 3.63) is 0 Å². The number of hydrogen-bond acceptors (Lipinski definition) is 2. The zero-order chi connectivity index (χ0) is 6.69. The molecule has 1 aliphatic carbocycles. The Labute approximate surface area is 56.8 Å². The van der Waals surface area contributed by atoms with Gasteiger partial charge in [0.05, 0.1) is 0 Å². The highest BCUT2D eigenvalue weighted by molar-refractivity contribution is 4.79. The summed E-state index contributed by atoms with van der Waals surface area (Å²) in [6.07, 6.45) is 3.92. The van der Waals surface area contributed by atoms with E-state index in [0.717, 1.165) is 18.5 Å². The van der Waals surface area contributed by atoms with Gasteiger partial charge < -0.3 is 11.1 Å². The summed E-state index contributed by atoms with van der Waals surface area (Å²) in [4.78, 5) is 0. The smallest absolute Gasteiger partial charge is 0.00672 e. The molecule has 0 bridgehead atoms. The third kappa shape index (κ3) is 1.66. The maximum Gasteiger partial charge on any atom is 0.00672 e. The third-order valence-corrected chi connectivity index (χ3v) is 2.28. The van der Waals surface area contributed by atoms with Crippen molar-refractivity contribution in [2.45, 2.75) is 25.3 Å². The van der Waals surface area contributed by atoms with Gasteiger partial charge >= 0.3 is 0 Å². The van der Waals surface area contributed by atoms with Gasteiger partial charge in [-0.1, -0.05) is 0 Å². The van der Waals surface area contributed by atoms with E-state index in [9.17, 15) is 0 Å². The molecule has 0 saturated heterocycles. The van der Waals surface area contributed by atoms with E-state index < -0.39 is 0 Å². The molecule has 0 spiro atoms. The van der Waals surface area contributed by atoms with Gasteiger partial charge in [0, 0.05) is 6.04 Å². The van der Waals surface area contributed by atoms with Gasteiger partial charge in [-0.15, -0.1) is 0 Å². The number of hydrogen-bond donors (Lipinski definition) is 2. The topological polar surface area (TPSA) is 38.0 Å². The zero-order valence-corrected chi connectivity index (χ0v) is 6.06. The van der Waals surface area contributed by atoms with Crippen LogP contribution in [-0.4, -0.2) is 19.6 Å². The Balaban J connectivity index is 2.20. The normalized spacial score (nSPS) is 35.3. The molecule has 0 radical (unpaired) electrons. The van der Waals surface area contributed by atoms with E-state index >= 15 is 0 Å². The molecular weight excluding hydrogens is 112 g/mol. The fraction of sp³-hybridized carbons (Fsp3) is 1.00. The Morgan fingerprint density at radius 3 is 2.67 bits per heavy atom. The molecule has 9 heavy (non-hydrogen) atoms. The van der Waals surface area contributed by atoms with Crippen LogP contribution in [0.15, 0.2) is 0 Å². The maximum atomic E-state index is 5.52. The molecule has 1 saturated carbocycles. The molecule has 1 aliphatic rings. The Bertz CT molecular complexity index is 73.0. The first-order valence-electron chi connectivity index (χ1n) is 3.74. The van der Waals surface area contributed by atoms with Gasteiger partial charge in [0.25, 0.3) is 0 Å². The molecular formula is C7H16N2. The van der Waals surface area contributed by atoms with Crippen LogP contribution < -0.4 is 11.1 Å². The van der Waals surface area contributed by atoms with E-state index in [4.69, 9.17) is 5.73 Å². The highest BCUT2D eigenvalue weighted by Crippen LogP contribution is 2.23. The van der Waals surface area contributed by atoms with Gasteiger partial charge in [-0.2, -0.15) is 0 Å². The molecule has 1 rings (SSSR count). The van der Waals surface area contributed by atoms with Gasteiger partial charge in [-0.3, -0.25) is 0 Å². The third-order valence-electron chi connectivity index (χ3n) is 2.28. The van der Waals surface area contributed by atoms with Crippen molar-refractivity contribution in [3.8, 4) is 0 Å². The summed E-state index contributed by atoms with van der Waals surface area (Å²) in [6.45, 7) is 0.873. The summed E-state index contributed by atoms with van der Waals surface area (Å²) in [7, 11) is 2.03. The minimum atomic E-state index is 0.749. The molecule has 0 aromatic rings. The Morgan fingerprint density at radius 1 is 1.56 bits per heavy atom. The lowest BCUT2D eigenvalue weighted by molar-refractivity contribution is 0.520. The van der Waals surface area contributed by atoms with Gasteiger partial charge in [-0.05, 0) is 38.8 Å². The highest BCUT2D eigenvalue weighted by atomic mass is 14.9. The quantitative estimate of drug-likeness (QED) is 0.562. The molecule has 0 unspecified atom stereocenters. The predicted molar refractivity (Wildman–Crippen MR) is 39.2 cm³/mol. The zero-order valence-electron chi connectivity index (χ0n) is 6.06. The Hall–Kier alpha value is -0.0800. The van der Waals surface area contributed by atoms with Crippen molar-refractivity contribution >= 4 is 0 Å². The van der Waals surface area contributed by atoms with Crippen LogP contribution in [0.5, 0.6) is 0 Å². The maximum absolute atomic E-state index is 5.52. The fourth-order valence-electron chi connectivity index (χ4n) is 1.55. The van der Waals surface area contributed by atoms with Gasteiger partial charge in [0.2, 0.25) is 0 Å². The minimum absolute atomic E-state index is 0.749. The standard InChI is InChI=1S/C7H16N2/c1-9-7-3-2-6(4-7)5-8/h6-7,9H,2-5,8H2,1H3/t6-,7+/m0/s1. The van der Waals surface area contributed by atoms with E-state index in [0.29, 0.717) is 0 Å². The number of nitrogens with one attached hydrogen (secondary N) is 1. The first kappa shape index (κ1) is 7.03. The Kier molecular flexibility index (Phi) is 2.49. The summed E-state index contributed by atoms with van der Waals surface area (Å²) >= 11 is 0. The van der Waals surface area contributed by atoms with Gasteiger partial charge in [0.15, 0.2) is 0 Å². The largest absolute Gasteiger partial charge is 0.330 e. The molecule has 0 aromatic carbocycles. The SMILES string of the molecule is CN[C@@H]1CC[C@H](CN)C1. The van der Waals surface area contributed by atoms with Crippen molar-refractivity contribution in [3.63, 3.8) is 0 Å². The van der Waals surface area contributed by atoms with E-state index in [-0.39, 0.29) is 0 Å². The van der Waals surface area contributed by atoms with E-state index in [2.05, 4.69) is 5.32 Å². The summed E-state index contributed by atoms with van der Waals surface area (Å²) in [5.74, 6) is 0.794. The molecule has 0 amide bonds.